The highest BCUT2D eigenvalue weighted by Crippen LogP contribution is 2.26. The molecule has 1 heterocycles. The molecule has 0 radical (unpaired) electrons. The van der Waals surface area contributed by atoms with E-state index in [1.165, 1.54) is 0 Å². The van der Waals surface area contributed by atoms with Crippen molar-refractivity contribution in [3.8, 4) is 0 Å². The van der Waals surface area contributed by atoms with Gasteiger partial charge in [-0.15, -0.1) is 0 Å². The Morgan fingerprint density at radius 2 is 2.04 bits per heavy atom. The second-order valence-electron chi connectivity index (χ2n) is 6.47. The lowest BCUT2D eigenvalue weighted by Crippen LogP contribution is -2.47. The monoisotopic (exact) mass is 364 g/mol. The predicted octanol–water partition coefficient (Wildman–Crippen LogP) is 1.31. The molecule has 1 aliphatic rings. The minimum absolute atomic E-state index is 0.00673. The molecule has 1 aromatic carbocycles. The number of guanidine groups is 1. The summed E-state index contributed by atoms with van der Waals surface area (Å²) in [7, 11) is 3.48. The normalized spacial score (nSPS) is 20.4. The fraction of sp³-hybridized carbons (Fsp3) is 0.556. The number of hydrogen-bond donors (Lipinski definition) is 3. The standard InChI is InChI=1S/C18H28N4O2S/c1-4-19-17(21-12-18(24)9-10-25-13-18)20-11-14-5-7-15(8-6-14)16(23)22(2)3/h5-8,24H,4,9-13H2,1-3H3,(H2,19,20,21). The summed E-state index contributed by atoms with van der Waals surface area (Å²) in [6, 6.07) is 7.49. The van der Waals surface area contributed by atoms with Crippen LogP contribution in [0, 0.1) is 0 Å². The molecular formula is C18H28N4O2S. The molecule has 138 valence electrons. The molecule has 1 aromatic rings. The van der Waals surface area contributed by atoms with Gasteiger partial charge < -0.3 is 20.6 Å². The Morgan fingerprint density at radius 3 is 2.60 bits per heavy atom. The molecule has 0 aliphatic carbocycles. The number of nitrogens with one attached hydrogen (secondary N) is 2. The van der Waals surface area contributed by atoms with E-state index in [9.17, 15) is 9.90 Å². The lowest BCUT2D eigenvalue weighted by atomic mass is 10.0. The van der Waals surface area contributed by atoms with Gasteiger partial charge in [-0.25, -0.2) is 4.99 Å². The molecule has 2 rings (SSSR count). The van der Waals surface area contributed by atoms with E-state index in [0.29, 0.717) is 24.6 Å². The molecule has 7 heteroatoms. The van der Waals surface area contributed by atoms with Gasteiger partial charge >= 0.3 is 0 Å². The smallest absolute Gasteiger partial charge is 0.253 e. The van der Waals surface area contributed by atoms with Crippen LogP contribution in [0.3, 0.4) is 0 Å². The quantitative estimate of drug-likeness (QED) is 0.524. The van der Waals surface area contributed by atoms with Crippen molar-refractivity contribution in [1.29, 1.82) is 0 Å². The average molecular weight is 365 g/mol. The molecule has 1 unspecified atom stereocenters. The van der Waals surface area contributed by atoms with Crippen molar-refractivity contribution in [2.45, 2.75) is 25.5 Å². The SMILES string of the molecule is CCNC(=NCc1ccc(C(=O)N(C)C)cc1)NCC1(O)CCSC1. The highest BCUT2D eigenvalue weighted by molar-refractivity contribution is 7.99. The molecule has 0 bridgehead atoms. The lowest BCUT2D eigenvalue weighted by Gasteiger charge is -2.23. The highest BCUT2D eigenvalue weighted by atomic mass is 32.2. The van der Waals surface area contributed by atoms with Crippen LogP contribution in [-0.2, 0) is 6.54 Å². The predicted molar refractivity (Wildman–Crippen MR) is 104 cm³/mol. The van der Waals surface area contributed by atoms with Crippen molar-refractivity contribution in [3.63, 3.8) is 0 Å². The first-order chi connectivity index (χ1) is 11.9. The number of rotatable bonds is 6. The van der Waals surface area contributed by atoms with Gasteiger partial charge in [0.25, 0.3) is 5.91 Å². The van der Waals surface area contributed by atoms with Gasteiger partial charge in [0.2, 0.25) is 0 Å². The number of carbonyl (C=O) groups is 1. The maximum Gasteiger partial charge on any atom is 0.253 e. The van der Waals surface area contributed by atoms with Gasteiger partial charge in [-0.1, -0.05) is 12.1 Å². The number of hydrogen-bond acceptors (Lipinski definition) is 4. The maximum absolute atomic E-state index is 11.9. The van der Waals surface area contributed by atoms with Gasteiger partial charge in [0.1, 0.15) is 0 Å². The summed E-state index contributed by atoms with van der Waals surface area (Å²) < 4.78 is 0. The van der Waals surface area contributed by atoms with E-state index in [0.717, 1.165) is 30.0 Å². The first-order valence-electron chi connectivity index (χ1n) is 8.56. The molecule has 1 aliphatic heterocycles. The first kappa shape index (κ1) is 19.6. The third-order valence-corrected chi connectivity index (χ3v) is 5.27. The van der Waals surface area contributed by atoms with Gasteiger partial charge in [0.05, 0.1) is 12.1 Å². The van der Waals surface area contributed by atoms with Crippen molar-refractivity contribution in [1.82, 2.24) is 15.5 Å². The molecule has 1 fully saturated rings. The van der Waals surface area contributed by atoms with Crippen molar-refractivity contribution in [2.24, 2.45) is 4.99 Å². The van der Waals surface area contributed by atoms with Gasteiger partial charge in [0, 0.05) is 38.5 Å². The van der Waals surface area contributed by atoms with Crippen molar-refractivity contribution in [2.75, 3.05) is 38.7 Å². The number of nitrogens with zero attached hydrogens (tertiary/aromatic N) is 2. The Hall–Kier alpha value is -1.73. The summed E-state index contributed by atoms with van der Waals surface area (Å²) in [5.41, 5.74) is 1.06. The minimum atomic E-state index is -0.644. The molecule has 1 saturated heterocycles. The van der Waals surface area contributed by atoms with E-state index in [4.69, 9.17) is 0 Å². The Bertz CT molecular complexity index is 596. The van der Waals surface area contributed by atoms with Crippen LogP contribution in [0.15, 0.2) is 29.3 Å². The second-order valence-corrected chi connectivity index (χ2v) is 7.58. The number of carbonyl (C=O) groups excluding carboxylic acids is 1. The topological polar surface area (TPSA) is 77.0 Å². The third-order valence-electron chi connectivity index (χ3n) is 4.04. The molecule has 0 spiro atoms. The number of aliphatic hydroxyl groups is 1. The summed E-state index contributed by atoms with van der Waals surface area (Å²) in [6.45, 7) is 3.79. The Kier molecular flexibility index (Phi) is 7.13. The van der Waals surface area contributed by atoms with E-state index in [1.807, 2.05) is 31.2 Å². The largest absolute Gasteiger partial charge is 0.387 e. The maximum atomic E-state index is 11.9. The Morgan fingerprint density at radius 1 is 1.32 bits per heavy atom. The summed E-state index contributed by atoms with van der Waals surface area (Å²) in [6.07, 6.45) is 0.811. The molecule has 0 aromatic heterocycles. The molecule has 0 saturated carbocycles. The van der Waals surface area contributed by atoms with Crippen LogP contribution >= 0.6 is 11.8 Å². The van der Waals surface area contributed by atoms with E-state index >= 15 is 0 Å². The fourth-order valence-corrected chi connectivity index (χ4v) is 3.80. The van der Waals surface area contributed by atoms with Crippen LogP contribution < -0.4 is 10.6 Å². The van der Waals surface area contributed by atoms with E-state index in [-0.39, 0.29) is 5.91 Å². The zero-order chi connectivity index (χ0) is 18.3. The van der Waals surface area contributed by atoms with Crippen LogP contribution in [0.25, 0.3) is 0 Å². The summed E-state index contributed by atoms with van der Waals surface area (Å²) in [4.78, 5) is 18.0. The highest BCUT2D eigenvalue weighted by Gasteiger charge is 2.31. The average Bonchev–Trinajstić information content (AvgIpc) is 3.04. The van der Waals surface area contributed by atoms with E-state index < -0.39 is 5.60 Å². The molecular weight excluding hydrogens is 336 g/mol. The molecule has 6 nitrogen and oxygen atoms in total. The third kappa shape index (κ3) is 5.93. The number of thioether (sulfide) groups is 1. The van der Waals surface area contributed by atoms with E-state index in [2.05, 4.69) is 15.6 Å². The van der Waals surface area contributed by atoms with Gasteiger partial charge in [-0.3, -0.25) is 4.79 Å². The van der Waals surface area contributed by atoms with Crippen LogP contribution in [0.2, 0.25) is 0 Å². The van der Waals surface area contributed by atoms with Gasteiger partial charge in [-0.2, -0.15) is 11.8 Å². The van der Waals surface area contributed by atoms with Crippen molar-refractivity contribution in [3.05, 3.63) is 35.4 Å². The number of benzene rings is 1. The minimum Gasteiger partial charge on any atom is -0.387 e. The van der Waals surface area contributed by atoms with Crippen LogP contribution in [0.1, 0.15) is 29.3 Å². The lowest BCUT2D eigenvalue weighted by molar-refractivity contribution is 0.0724. The van der Waals surface area contributed by atoms with Crippen LogP contribution in [0.4, 0.5) is 0 Å². The number of amides is 1. The molecule has 3 N–H and O–H groups in total. The van der Waals surface area contributed by atoms with Crippen molar-refractivity contribution >= 4 is 23.6 Å². The van der Waals surface area contributed by atoms with Crippen LogP contribution in [-0.4, -0.2) is 66.2 Å². The number of aliphatic imine (C=N–C) groups is 1. The van der Waals surface area contributed by atoms with E-state index in [1.54, 1.807) is 30.8 Å². The Labute approximate surface area is 154 Å². The summed E-state index contributed by atoms with van der Waals surface area (Å²) in [5.74, 6) is 2.46. The summed E-state index contributed by atoms with van der Waals surface area (Å²) in [5, 5.41) is 16.9. The van der Waals surface area contributed by atoms with Crippen LogP contribution in [0.5, 0.6) is 0 Å². The molecule has 25 heavy (non-hydrogen) atoms. The zero-order valence-corrected chi connectivity index (χ0v) is 16.0. The summed E-state index contributed by atoms with van der Waals surface area (Å²) >= 11 is 1.78. The second kappa shape index (κ2) is 9.10. The first-order valence-corrected chi connectivity index (χ1v) is 9.72. The van der Waals surface area contributed by atoms with Crippen molar-refractivity contribution < 1.29 is 9.90 Å². The van der Waals surface area contributed by atoms with Gasteiger partial charge in [-0.05, 0) is 36.8 Å². The molecule has 1 atom stereocenters. The van der Waals surface area contributed by atoms with Gasteiger partial charge in [0.15, 0.2) is 5.96 Å². The fourth-order valence-electron chi connectivity index (χ4n) is 2.51. The zero-order valence-electron chi connectivity index (χ0n) is 15.2. The molecule has 1 amide bonds. The Balaban J connectivity index is 1.94.